The van der Waals surface area contributed by atoms with Gasteiger partial charge in [-0.3, -0.25) is 0 Å². The monoisotopic (exact) mass is 236 g/mol. The maximum Gasteiger partial charge on any atom is 0.261 e. The van der Waals surface area contributed by atoms with Gasteiger partial charge in [0.25, 0.3) is 9.05 Å². The van der Waals surface area contributed by atoms with Gasteiger partial charge in [0.15, 0.2) is 0 Å². The van der Waals surface area contributed by atoms with Crippen molar-refractivity contribution in [2.75, 3.05) is 0 Å². The van der Waals surface area contributed by atoms with E-state index in [1.165, 1.54) is 0 Å². The highest BCUT2D eigenvalue weighted by atomic mass is 35.7. The SMILES string of the molecule is Cc1cc(C)c(S(=O)(=O)Cl)cc1P. The third-order valence-corrected chi connectivity index (χ3v) is 3.91. The van der Waals surface area contributed by atoms with E-state index >= 15 is 0 Å². The number of halogens is 1. The highest BCUT2D eigenvalue weighted by Crippen LogP contribution is 2.20. The molecule has 1 unspecified atom stereocenters. The Morgan fingerprint density at radius 3 is 2.23 bits per heavy atom. The first-order valence-corrected chi connectivity index (χ1v) is 6.52. The number of hydrogen-bond donors (Lipinski definition) is 0. The molecule has 0 N–H and O–H groups in total. The highest BCUT2D eigenvalue weighted by molar-refractivity contribution is 8.13. The van der Waals surface area contributed by atoms with Crippen molar-refractivity contribution in [2.45, 2.75) is 18.7 Å². The van der Waals surface area contributed by atoms with E-state index in [0.29, 0.717) is 5.56 Å². The molecule has 0 aliphatic carbocycles. The molecule has 2 nitrogen and oxygen atoms in total. The molecule has 0 heterocycles. The molecule has 0 radical (unpaired) electrons. The van der Waals surface area contributed by atoms with Crippen molar-refractivity contribution in [3.63, 3.8) is 0 Å². The predicted molar refractivity (Wildman–Crippen MR) is 58.3 cm³/mol. The van der Waals surface area contributed by atoms with Crippen LogP contribution >= 0.6 is 19.9 Å². The second-order valence-corrected chi connectivity index (χ2v) is 6.07. The average Bonchev–Trinajstić information content (AvgIpc) is 1.94. The molecule has 0 fully saturated rings. The smallest absolute Gasteiger partial charge is 0.207 e. The van der Waals surface area contributed by atoms with Gasteiger partial charge in [-0.15, -0.1) is 9.24 Å². The van der Waals surface area contributed by atoms with Crippen LogP contribution in [0.15, 0.2) is 17.0 Å². The third-order valence-electron chi connectivity index (χ3n) is 1.83. The van der Waals surface area contributed by atoms with Gasteiger partial charge in [0.1, 0.15) is 0 Å². The summed E-state index contributed by atoms with van der Waals surface area (Å²) >= 11 is 0. The molecular weight excluding hydrogens is 227 g/mol. The van der Waals surface area contributed by atoms with Gasteiger partial charge in [-0.05, 0) is 36.3 Å². The Hall–Kier alpha value is -0.110. The fraction of sp³-hybridized carbons (Fsp3) is 0.250. The summed E-state index contributed by atoms with van der Waals surface area (Å²) in [6.07, 6.45) is 0. The van der Waals surface area contributed by atoms with Crippen LogP contribution in [0.3, 0.4) is 0 Å². The number of benzene rings is 1. The molecule has 1 aromatic rings. The summed E-state index contributed by atoms with van der Waals surface area (Å²) in [7, 11) is 4.12. The predicted octanol–water partition coefficient (Wildman–Crippen LogP) is 1.73. The fourth-order valence-corrected chi connectivity index (χ4v) is 2.69. The fourth-order valence-electron chi connectivity index (χ4n) is 1.11. The van der Waals surface area contributed by atoms with Crippen molar-refractivity contribution in [1.82, 2.24) is 0 Å². The van der Waals surface area contributed by atoms with Crippen molar-refractivity contribution in [3.8, 4) is 0 Å². The van der Waals surface area contributed by atoms with Gasteiger partial charge in [0.2, 0.25) is 0 Å². The Labute approximate surface area is 84.9 Å². The molecule has 0 amide bonds. The third kappa shape index (κ3) is 2.43. The average molecular weight is 237 g/mol. The van der Waals surface area contributed by atoms with Crippen molar-refractivity contribution < 1.29 is 8.42 Å². The molecule has 0 saturated heterocycles. The van der Waals surface area contributed by atoms with Crippen LogP contribution in [0.4, 0.5) is 0 Å². The van der Waals surface area contributed by atoms with Gasteiger partial charge >= 0.3 is 0 Å². The second kappa shape index (κ2) is 3.56. The molecule has 0 saturated carbocycles. The van der Waals surface area contributed by atoms with Crippen molar-refractivity contribution in [2.24, 2.45) is 0 Å². The van der Waals surface area contributed by atoms with Gasteiger partial charge in [-0.25, -0.2) is 8.42 Å². The Bertz CT molecular complexity index is 440. The Balaban J connectivity index is 3.50. The highest BCUT2D eigenvalue weighted by Gasteiger charge is 2.14. The van der Waals surface area contributed by atoms with E-state index in [9.17, 15) is 8.42 Å². The van der Waals surface area contributed by atoms with Crippen molar-refractivity contribution in [3.05, 3.63) is 23.3 Å². The minimum Gasteiger partial charge on any atom is -0.207 e. The van der Waals surface area contributed by atoms with Gasteiger partial charge in [0, 0.05) is 10.7 Å². The zero-order chi connectivity index (χ0) is 10.2. The summed E-state index contributed by atoms with van der Waals surface area (Å²) in [4.78, 5) is 0.185. The molecule has 0 spiro atoms. The lowest BCUT2D eigenvalue weighted by atomic mass is 10.2. The summed E-state index contributed by atoms with van der Waals surface area (Å²) in [5, 5.41) is 0.852. The molecule has 13 heavy (non-hydrogen) atoms. The van der Waals surface area contributed by atoms with Crippen LogP contribution in [0.5, 0.6) is 0 Å². The summed E-state index contributed by atoms with van der Waals surface area (Å²) in [6, 6.07) is 3.37. The zero-order valence-electron chi connectivity index (χ0n) is 7.33. The Morgan fingerprint density at radius 2 is 1.77 bits per heavy atom. The number of aryl methyl sites for hydroxylation is 2. The van der Waals surface area contributed by atoms with Crippen molar-refractivity contribution in [1.29, 1.82) is 0 Å². The molecule has 5 heteroatoms. The van der Waals surface area contributed by atoms with Gasteiger partial charge in [-0.2, -0.15) is 0 Å². The Kier molecular flexibility index (Phi) is 3.01. The first-order valence-electron chi connectivity index (χ1n) is 3.64. The molecule has 72 valence electrons. The van der Waals surface area contributed by atoms with Gasteiger partial charge in [0.05, 0.1) is 4.90 Å². The standard InChI is InChI=1S/C8H10ClO2PS/c1-5-3-6(2)8(4-7(5)12)13(9,10)11/h3-4H,12H2,1-2H3. The van der Waals surface area contributed by atoms with Crippen LogP contribution in [0, 0.1) is 13.8 Å². The molecule has 0 bridgehead atoms. The van der Waals surface area contributed by atoms with Crippen LogP contribution in [0.25, 0.3) is 0 Å². The maximum absolute atomic E-state index is 11.1. The maximum atomic E-state index is 11.1. The molecule has 1 atom stereocenters. The van der Waals surface area contributed by atoms with E-state index in [0.717, 1.165) is 10.9 Å². The van der Waals surface area contributed by atoms with E-state index in [4.69, 9.17) is 10.7 Å². The summed E-state index contributed by atoms with van der Waals surface area (Å²) < 4.78 is 22.1. The molecule has 0 aromatic heterocycles. The largest absolute Gasteiger partial charge is 0.261 e. The van der Waals surface area contributed by atoms with Crippen LogP contribution in [-0.4, -0.2) is 8.42 Å². The van der Waals surface area contributed by atoms with E-state index < -0.39 is 9.05 Å². The first kappa shape index (κ1) is 11.0. The number of rotatable bonds is 1. The molecule has 0 aliphatic rings. The minimum absolute atomic E-state index is 0.185. The zero-order valence-corrected chi connectivity index (χ0v) is 10.1. The summed E-state index contributed by atoms with van der Waals surface area (Å²) in [5.41, 5.74) is 1.71. The van der Waals surface area contributed by atoms with Crippen molar-refractivity contribution >= 4 is 34.3 Å². The summed E-state index contributed by atoms with van der Waals surface area (Å²) in [6.45, 7) is 3.65. The van der Waals surface area contributed by atoms with E-state index in [1.54, 1.807) is 19.1 Å². The van der Waals surface area contributed by atoms with Gasteiger partial charge < -0.3 is 0 Å². The second-order valence-electron chi connectivity index (χ2n) is 2.91. The summed E-state index contributed by atoms with van der Waals surface area (Å²) in [5.74, 6) is 0. The van der Waals surface area contributed by atoms with E-state index in [2.05, 4.69) is 9.24 Å². The topological polar surface area (TPSA) is 34.1 Å². The van der Waals surface area contributed by atoms with Crippen LogP contribution < -0.4 is 5.30 Å². The lowest BCUT2D eigenvalue weighted by Crippen LogP contribution is -2.04. The number of hydrogen-bond acceptors (Lipinski definition) is 2. The molecular formula is C8H10ClO2PS. The molecule has 1 aromatic carbocycles. The molecule has 0 aliphatic heterocycles. The van der Waals surface area contributed by atoms with Crippen LogP contribution in [0.2, 0.25) is 0 Å². The normalized spacial score (nSPS) is 11.7. The first-order chi connectivity index (χ1) is 5.82. The quantitative estimate of drug-likeness (QED) is 0.550. The van der Waals surface area contributed by atoms with E-state index in [-0.39, 0.29) is 4.90 Å². The molecule has 1 rings (SSSR count). The van der Waals surface area contributed by atoms with Gasteiger partial charge in [-0.1, -0.05) is 6.07 Å². The van der Waals surface area contributed by atoms with E-state index in [1.807, 2.05) is 6.92 Å². The lowest BCUT2D eigenvalue weighted by Gasteiger charge is -2.05. The minimum atomic E-state index is -3.61. The van der Waals surface area contributed by atoms with Crippen LogP contribution in [0.1, 0.15) is 11.1 Å². The van der Waals surface area contributed by atoms with Crippen LogP contribution in [-0.2, 0) is 9.05 Å². The lowest BCUT2D eigenvalue weighted by molar-refractivity contribution is 0.609. The Morgan fingerprint density at radius 1 is 1.23 bits per heavy atom.